The van der Waals surface area contributed by atoms with Crippen LogP contribution in [0.25, 0.3) is 0 Å². The number of halogens is 2. The molecule has 6 nitrogen and oxygen atoms in total. The molecule has 0 saturated carbocycles. The molecule has 3 N–H and O–H groups in total. The maximum atomic E-state index is 11.9. The highest BCUT2D eigenvalue weighted by atomic mass is 35.5. The molecule has 0 spiro atoms. The van der Waals surface area contributed by atoms with Gasteiger partial charge >= 0.3 is 0 Å². The molecular formula is C15H21Cl2N3O3. The first-order valence-corrected chi connectivity index (χ1v) is 7.51. The molecule has 0 aliphatic carbocycles. The summed E-state index contributed by atoms with van der Waals surface area (Å²) in [6, 6.07) is 3.43. The fraction of sp³-hybridized carbons (Fsp3) is 0.467. The maximum absolute atomic E-state index is 11.9. The molecule has 0 aromatic heterocycles. The number of carbonyl (C=O) groups is 2. The molecule has 0 bridgehead atoms. The summed E-state index contributed by atoms with van der Waals surface area (Å²) >= 11 is 6.02. The van der Waals surface area contributed by atoms with Gasteiger partial charge < -0.3 is 20.7 Å². The molecule has 2 amide bonds. The molecule has 8 heteroatoms. The molecule has 23 heavy (non-hydrogen) atoms. The number of nitrogens with one attached hydrogen (secondary N) is 3. The molecule has 0 atom stereocenters. The zero-order chi connectivity index (χ0) is 16.1. The van der Waals surface area contributed by atoms with E-state index in [0.717, 1.165) is 5.56 Å². The van der Waals surface area contributed by atoms with E-state index in [4.69, 9.17) is 16.3 Å². The Morgan fingerprint density at radius 3 is 2.65 bits per heavy atom. The van der Waals surface area contributed by atoms with Crippen LogP contribution in [0.5, 0.6) is 5.75 Å². The number of aryl methyl sites for hydroxylation is 1. The quantitative estimate of drug-likeness (QED) is 0.720. The van der Waals surface area contributed by atoms with E-state index in [1.165, 1.54) is 7.11 Å². The van der Waals surface area contributed by atoms with Gasteiger partial charge in [-0.3, -0.25) is 9.59 Å². The van der Waals surface area contributed by atoms with E-state index in [2.05, 4.69) is 16.0 Å². The van der Waals surface area contributed by atoms with Crippen molar-refractivity contribution in [3.05, 3.63) is 22.7 Å². The number of amides is 2. The van der Waals surface area contributed by atoms with Gasteiger partial charge in [-0.2, -0.15) is 0 Å². The average molecular weight is 362 g/mol. The molecule has 0 radical (unpaired) electrons. The van der Waals surface area contributed by atoms with Gasteiger partial charge in [0, 0.05) is 37.1 Å². The van der Waals surface area contributed by atoms with E-state index in [1.807, 2.05) is 6.92 Å². The van der Waals surface area contributed by atoms with Crippen molar-refractivity contribution in [3.63, 3.8) is 0 Å². The van der Waals surface area contributed by atoms with E-state index in [-0.39, 0.29) is 36.6 Å². The van der Waals surface area contributed by atoms with Crippen LogP contribution in [0.2, 0.25) is 5.02 Å². The first-order chi connectivity index (χ1) is 10.5. The third-order valence-corrected chi connectivity index (χ3v) is 3.97. The van der Waals surface area contributed by atoms with Crippen molar-refractivity contribution in [1.82, 2.24) is 10.6 Å². The van der Waals surface area contributed by atoms with Gasteiger partial charge in [0.1, 0.15) is 5.75 Å². The van der Waals surface area contributed by atoms with E-state index in [9.17, 15) is 9.59 Å². The molecule has 2 rings (SSSR count). The highest BCUT2D eigenvalue weighted by Crippen LogP contribution is 2.30. The fourth-order valence-electron chi connectivity index (χ4n) is 2.06. The molecule has 1 aliphatic heterocycles. The smallest absolute Gasteiger partial charge is 0.226 e. The molecule has 1 aromatic carbocycles. The van der Waals surface area contributed by atoms with Crippen molar-refractivity contribution in [3.8, 4) is 5.75 Å². The van der Waals surface area contributed by atoms with E-state index < -0.39 is 0 Å². The summed E-state index contributed by atoms with van der Waals surface area (Å²) in [5.41, 5.74) is 1.42. The Kier molecular flexibility index (Phi) is 7.61. The van der Waals surface area contributed by atoms with Gasteiger partial charge in [-0.15, -0.1) is 12.4 Å². The van der Waals surface area contributed by atoms with Crippen LogP contribution in [-0.4, -0.2) is 38.6 Å². The van der Waals surface area contributed by atoms with Crippen molar-refractivity contribution >= 4 is 41.5 Å². The molecule has 1 fully saturated rings. The Bertz CT molecular complexity index is 577. The van der Waals surface area contributed by atoms with Crippen molar-refractivity contribution in [2.45, 2.75) is 13.3 Å². The molecule has 128 valence electrons. The minimum absolute atomic E-state index is 0. The summed E-state index contributed by atoms with van der Waals surface area (Å²) in [4.78, 5) is 23.6. The van der Waals surface area contributed by atoms with Crippen LogP contribution in [0, 0.1) is 12.8 Å². The molecule has 1 heterocycles. The van der Waals surface area contributed by atoms with Crippen molar-refractivity contribution < 1.29 is 14.3 Å². The van der Waals surface area contributed by atoms with Crippen LogP contribution < -0.4 is 20.7 Å². The standard InChI is InChI=1S/C15H20ClN3O3.ClH/c1-9-5-12(13(22-2)6-11(9)16)19-14(20)3-4-18-15(21)10-7-17-8-10;/h5-6,10,17H,3-4,7-8H2,1-2H3,(H,18,21)(H,19,20);1H. The van der Waals surface area contributed by atoms with Gasteiger partial charge in [-0.1, -0.05) is 11.6 Å². The van der Waals surface area contributed by atoms with Gasteiger partial charge in [0.2, 0.25) is 11.8 Å². The Hall–Kier alpha value is -1.50. The Morgan fingerprint density at radius 2 is 2.09 bits per heavy atom. The van der Waals surface area contributed by atoms with Crippen LogP contribution in [0.1, 0.15) is 12.0 Å². The van der Waals surface area contributed by atoms with E-state index in [0.29, 0.717) is 36.1 Å². The monoisotopic (exact) mass is 361 g/mol. The van der Waals surface area contributed by atoms with E-state index >= 15 is 0 Å². The lowest BCUT2D eigenvalue weighted by Crippen LogP contribution is -2.51. The van der Waals surface area contributed by atoms with Gasteiger partial charge in [-0.05, 0) is 18.6 Å². The number of methoxy groups -OCH3 is 1. The Labute approximate surface area is 146 Å². The topological polar surface area (TPSA) is 79.5 Å². The molecule has 1 saturated heterocycles. The number of hydrogen-bond acceptors (Lipinski definition) is 4. The van der Waals surface area contributed by atoms with Crippen molar-refractivity contribution in [1.29, 1.82) is 0 Å². The molecule has 1 aromatic rings. The third-order valence-electron chi connectivity index (χ3n) is 3.56. The fourth-order valence-corrected chi connectivity index (χ4v) is 2.21. The summed E-state index contributed by atoms with van der Waals surface area (Å²) in [5.74, 6) is 0.342. The predicted molar refractivity (Wildman–Crippen MR) is 92.6 cm³/mol. The summed E-state index contributed by atoms with van der Waals surface area (Å²) in [6.07, 6.45) is 0.205. The third kappa shape index (κ3) is 5.27. The number of rotatable bonds is 6. The lowest BCUT2D eigenvalue weighted by Gasteiger charge is -2.25. The highest BCUT2D eigenvalue weighted by molar-refractivity contribution is 6.31. The van der Waals surface area contributed by atoms with Gasteiger partial charge in [-0.25, -0.2) is 0 Å². The summed E-state index contributed by atoms with van der Waals surface area (Å²) in [6.45, 7) is 3.58. The SMILES string of the molecule is COc1cc(Cl)c(C)cc1NC(=O)CCNC(=O)C1CNC1.Cl. The predicted octanol–water partition coefficient (Wildman–Crippen LogP) is 1.74. The van der Waals surface area contributed by atoms with Gasteiger partial charge in [0.05, 0.1) is 18.7 Å². The summed E-state index contributed by atoms with van der Waals surface area (Å²) in [5, 5.41) is 9.14. The number of hydrogen-bond donors (Lipinski definition) is 3. The normalized spacial score (nSPS) is 13.5. The summed E-state index contributed by atoms with van der Waals surface area (Å²) < 4.78 is 5.20. The Balaban J connectivity index is 0.00000264. The number of ether oxygens (including phenoxy) is 1. The zero-order valence-electron chi connectivity index (χ0n) is 13.1. The number of carbonyl (C=O) groups excluding carboxylic acids is 2. The minimum Gasteiger partial charge on any atom is -0.495 e. The maximum Gasteiger partial charge on any atom is 0.226 e. The lowest BCUT2D eigenvalue weighted by atomic mass is 10.0. The minimum atomic E-state index is -0.188. The lowest BCUT2D eigenvalue weighted by molar-refractivity contribution is -0.126. The van der Waals surface area contributed by atoms with Gasteiger partial charge in [0.25, 0.3) is 0 Å². The molecule has 0 unspecified atom stereocenters. The largest absolute Gasteiger partial charge is 0.495 e. The van der Waals surface area contributed by atoms with Crippen LogP contribution in [0.3, 0.4) is 0 Å². The van der Waals surface area contributed by atoms with Gasteiger partial charge in [0.15, 0.2) is 0 Å². The van der Waals surface area contributed by atoms with Crippen molar-refractivity contribution in [2.75, 3.05) is 32.1 Å². The Morgan fingerprint density at radius 1 is 1.39 bits per heavy atom. The first-order valence-electron chi connectivity index (χ1n) is 7.13. The number of anilines is 1. The first kappa shape index (κ1) is 19.5. The van der Waals surface area contributed by atoms with E-state index in [1.54, 1.807) is 12.1 Å². The van der Waals surface area contributed by atoms with Crippen LogP contribution in [-0.2, 0) is 9.59 Å². The average Bonchev–Trinajstić information content (AvgIpc) is 2.40. The van der Waals surface area contributed by atoms with Crippen LogP contribution >= 0.6 is 24.0 Å². The van der Waals surface area contributed by atoms with Crippen molar-refractivity contribution in [2.24, 2.45) is 5.92 Å². The van der Waals surface area contributed by atoms with Crippen LogP contribution in [0.15, 0.2) is 12.1 Å². The van der Waals surface area contributed by atoms with Crippen LogP contribution in [0.4, 0.5) is 5.69 Å². The second-order valence-electron chi connectivity index (χ2n) is 5.25. The highest BCUT2D eigenvalue weighted by Gasteiger charge is 2.24. The zero-order valence-corrected chi connectivity index (χ0v) is 14.6. The molecular weight excluding hydrogens is 341 g/mol. The second-order valence-corrected chi connectivity index (χ2v) is 5.65. The second kappa shape index (κ2) is 8.96. The molecule has 1 aliphatic rings. The number of benzene rings is 1. The summed E-state index contributed by atoms with van der Waals surface area (Å²) in [7, 11) is 1.52.